The maximum Gasteiger partial charge on any atom is 0.275 e. The van der Waals surface area contributed by atoms with E-state index in [-0.39, 0.29) is 18.1 Å². The molecule has 6 rings (SSSR count). The van der Waals surface area contributed by atoms with E-state index in [1.54, 1.807) is 7.11 Å². The zero-order chi connectivity index (χ0) is 33.2. The maximum absolute atomic E-state index is 6.70. The van der Waals surface area contributed by atoms with Gasteiger partial charge < -0.3 is 22.8 Å². The summed E-state index contributed by atoms with van der Waals surface area (Å²) in [6.07, 6.45) is 9.21. The Kier molecular flexibility index (Phi) is 10.4. The molecule has 0 aliphatic heterocycles. The van der Waals surface area contributed by atoms with Gasteiger partial charge in [0, 0.05) is 16.7 Å². The van der Waals surface area contributed by atoms with E-state index in [4.69, 9.17) is 22.8 Å². The number of aryl methyl sites for hydroxylation is 2. The van der Waals surface area contributed by atoms with E-state index in [2.05, 4.69) is 84.9 Å². The normalized spacial score (nSPS) is 14.4. The van der Waals surface area contributed by atoms with E-state index < -0.39 is 0 Å². The summed E-state index contributed by atoms with van der Waals surface area (Å²) in [5.74, 6) is 4.37. The first kappa shape index (κ1) is 33.6. The van der Waals surface area contributed by atoms with Crippen LogP contribution in [0.3, 0.4) is 0 Å². The molecule has 0 fully saturated rings. The third kappa shape index (κ3) is 6.47. The van der Waals surface area contributed by atoms with Crippen LogP contribution in [-0.2, 0) is 25.7 Å². The molecule has 0 saturated carbocycles. The average Bonchev–Trinajstić information content (AvgIpc) is 3.09. The van der Waals surface area contributed by atoms with E-state index in [1.165, 1.54) is 59.1 Å². The summed E-state index contributed by atoms with van der Waals surface area (Å²) < 4.78 is 32.2. The van der Waals surface area contributed by atoms with Gasteiger partial charge in [0.25, 0.3) is 18.1 Å². The van der Waals surface area contributed by atoms with Crippen molar-refractivity contribution in [1.82, 2.24) is 0 Å². The number of fused-ring (bicyclic) bond motifs is 2. The second-order valence-electron chi connectivity index (χ2n) is 13.1. The number of ether oxygens (including phenoxy) is 1. The lowest BCUT2D eigenvalue weighted by Gasteiger charge is -2.27. The molecule has 0 spiro atoms. The molecular formula is C40H48O5P2. The summed E-state index contributed by atoms with van der Waals surface area (Å²) in [5.41, 5.74) is 15.3. The van der Waals surface area contributed by atoms with Crippen molar-refractivity contribution in [3.63, 3.8) is 0 Å². The molecule has 2 aliphatic carbocycles. The molecule has 0 amide bonds. The minimum absolute atomic E-state index is 0.189. The topological polar surface area (TPSA) is 46.2 Å². The van der Waals surface area contributed by atoms with Crippen LogP contribution in [0.2, 0.25) is 0 Å². The van der Waals surface area contributed by atoms with Crippen molar-refractivity contribution >= 4 is 18.1 Å². The van der Waals surface area contributed by atoms with Gasteiger partial charge in [-0.15, -0.1) is 0 Å². The number of hydrogen-bond donors (Lipinski definition) is 0. The van der Waals surface area contributed by atoms with Gasteiger partial charge in [-0.25, -0.2) is 0 Å². The Labute approximate surface area is 284 Å². The summed E-state index contributed by atoms with van der Waals surface area (Å²) in [6.45, 7) is 15.0. The van der Waals surface area contributed by atoms with Crippen LogP contribution in [-0.4, -0.2) is 7.11 Å². The zero-order valence-electron chi connectivity index (χ0n) is 29.2. The monoisotopic (exact) mass is 670 g/mol. The second kappa shape index (κ2) is 14.5. The molecule has 4 aromatic carbocycles. The van der Waals surface area contributed by atoms with Gasteiger partial charge in [0.15, 0.2) is 0 Å². The maximum atomic E-state index is 6.70. The molecule has 0 bridgehead atoms. The smallest absolute Gasteiger partial charge is 0.275 e. The number of benzene rings is 4. The summed E-state index contributed by atoms with van der Waals surface area (Å²) in [4.78, 5) is 0. The Balaban J connectivity index is 1.39. The summed E-state index contributed by atoms with van der Waals surface area (Å²) >= 11 is 0. The Hall–Kier alpha value is -3.26. The molecule has 248 valence electrons. The van der Waals surface area contributed by atoms with Crippen LogP contribution in [0.5, 0.6) is 28.7 Å². The number of methoxy groups -OCH3 is 1. The first-order chi connectivity index (χ1) is 22.7. The van der Waals surface area contributed by atoms with Gasteiger partial charge in [0.1, 0.15) is 28.7 Å². The lowest BCUT2D eigenvalue weighted by atomic mass is 9.85. The van der Waals surface area contributed by atoms with E-state index in [1.807, 2.05) is 0 Å². The number of hydrogen-bond acceptors (Lipinski definition) is 5. The fraction of sp³-hybridized carbons (Fsp3) is 0.400. The van der Waals surface area contributed by atoms with E-state index in [0.29, 0.717) is 0 Å². The summed E-state index contributed by atoms with van der Waals surface area (Å²) in [6, 6.07) is 12.8. The second-order valence-corrected chi connectivity index (χ2v) is 14.2. The standard InChI is InChI=1S/C40H48O5P2/c1-23-24(2)26(4)39(44-46-42-34-21-13-17-30-15-9-11-19-32(30)34)36(25(23)3)37-29(7)38(41-8)27(5)28(6)40(37)45-47-43-35-22-14-18-31-16-10-12-20-33(31)35/h13-14,17-18,21-22,46-47H,9-12,15-16,19-20H2,1-8H3. The first-order valence-electron chi connectivity index (χ1n) is 16.9. The van der Waals surface area contributed by atoms with Crippen molar-refractivity contribution in [1.29, 1.82) is 0 Å². The molecule has 47 heavy (non-hydrogen) atoms. The molecule has 0 radical (unpaired) electrons. The largest absolute Gasteiger partial charge is 0.496 e. The molecule has 0 heterocycles. The highest BCUT2D eigenvalue weighted by molar-refractivity contribution is 7.27. The van der Waals surface area contributed by atoms with Gasteiger partial charge in [-0.3, -0.25) is 0 Å². The molecule has 2 aliphatic rings. The Morgan fingerprint density at radius 1 is 0.447 bits per heavy atom. The third-order valence-electron chi connectivity index (χ3n) is 10.6. The van der Waals surface area contributed by atoms with Gasteiger partial charge in [-0.05, 0) is 168 Å². The molecular weight excluding hydrogens is 622 g/mol. The molecule has 4 aromatic rings. The predicted octanol–water partition coefficient (Wildman–Crippen LogP) is 11.2. The van der Waals surface area contributed by atoms with Crippen molar-refractivity contribution in [2.45, 2.75) is 99.8 Å². The molecule has 0 N–H and O–H groups in total. The van der Waals surface area contributed by atoms with Crippen molar-refractivity contribution in [2.75, 3.05) is 7.11 Å². The zero-order valence-corrected chi connectivity index (χ0v) is 31.2. The lowest BCUT2D eigenvalue weighted by molar-refractivity contribution is 0.407. The first-order valence-corrected chi connectivity index (χ1v) is 18.5. The van der Waals surface area contributed by atoms with E-state index in [9.17, 15) is 0 Å². The lowest BCUT2D eigenvalue weighted by Crippen LogP contribution is -2.06. The van der Waals surface area contributed by atoms with Crippen molar-refractivity contribution in [3.8, 4) is 39.9 Å². The van der Waals surface area contributed by atoms with Gasteiger partial charge in [-0.2, -0.15) is 0 Å². The Bertz CT molecular complexity index is 1810. The molecule has 2 unspecified atom stereocenters. The number of rotatable bonds is 10. The summed E-state index contributed by atoms with van der Waals surface area (Å²) in [5, 5.41) is 0. The minimum Gasteiger partial charge on any atom is -0.496 e. The van der Waals surface area contributed by atoms with Gasteiger partial charge in [0.2, 0.25) is 0 Å². The van der Waals surface area contributed by atoms with Crippen LogP contribution in [0.1, 0.15) is 86.9 Å². The SMILES string of the molecule is COc1c(C)c(C)c(OPOc2cccc3c2CCCC3)c(-c2c(C)c(C)c(C)c(C)c2OPOc2cccc3c2CCCC3)c1C. The van der Waals surface area contributed by atoms with Gasteiger partial charge in [-0.1, -0.05) is 24.3 Å². The third-order valence-corrected chi connectivity index (χ3v) is 11.7. The van der Waals surface area contributed by atoms with Crippen LogP contribution in [0.4, 0.5) is 0 Å². The predicted molar refractivity (Wildman–Crippen MR) is 197 cm³/mol. The molecule has 0 aromatic heterocycles. The highest BCUT2D eigenvalue weighted by Crippen LogP contribution is 2.52. The van der Waals surface area contributed by atoms with Crippen LogP contribution < -0.4 is 22.8 Å². The Morgan fingerprint density at radius 3 is 1.38 bits per heavy atom. The van der Waals surface area contributed by atoms with Crippen LogP contribution in [0.25, 0.3) is 11.1 Å². The molecule has 7 heteroatoms. The minimum atomic E-state index is -0.198. The van der Waals surface area contributed by atoms with Crippen LogP contribution >= 0.6 is 18.1 Å². The molecule has 2 atom stereocenters. The van der Waals surface area contributed by atoms with Crippen LogP contribution in [0.15, 0.2) is 36.4 Å². The fourth-order valence-electron chi connectivity index (χ4n) is 7.43. The van der Waals surface area contributed by atoms with Crippen molar-refractivity contribution in [3.05, 3.63) is 97.6 Å². The van der Waals surface area contributed by atoms with E-state index >= 15 is 0 Å². The van der Waals surface area contributed by atoms with E-state index in [0.717, 1.165) is 93.4 Å². The van der Waals surface area contributed by atoms with Crippen molar-refractivity contribution in [2.24, 2.45) is 0 Å². The van der Waals surface area contributed by atoms with Gasteiger partial charge in [0.05, 0.1) is 7.11 Å². The molecule has 5 nitrogen and oxygen atoms in total. The average molecular weight is 671 g/mol. The van der Waals surface area contributed by atoms with Gasteiger partial charge >= 0.3 is 0 Å². The quantitative estimate of drug-likeness (QED) is 0.157. The Morgan fingerprint density at radius 2 is 0.872 bits per heavy atom. The highest BCUT2D eigenvalue weighted by atomic mass is 31.1. The summed E-state index contributed by atoms with van der Waals surface area (Å²) in [7, 11) is 1.36. The fourth-order valence-corrected chi connectivity index (χ4v) is 8.76. The highest BCUT2D eigenvalue weighted by Gasteiger charge is 2.28. The molecule has 0 saturated heterocycles. The van der Waals surface area contributed by atoms with Crippen LogP contribution in [0, 0.1) is 48.5 Å². The van der Waals surface area contributed by atoms with Crippen molar-refractivity contribution < 1.29 is 22.8 Å².